The maximum absolute atomic E-state index is 12.0. The van der Waals surface area contributed by atoms with Crippen molar-refractivity contribution in [1.82, 2.24) is 19.4 Å². The fourth-order valence-electron chi connectivity index (χ4n) is 3.70. The van der Waals surface area contributed by atoms with Gasteiger partial charge in [0.05, 0.1) is 17.5 Å². The Balaban J connectivity index is 1.53. The van der Waals surface area contributed by atoms with Crippen molar-refractivity contribution in [3.63, 3.8) is 0 Å². The maximum atomic E-state index is 12.0. The second-order valence-corrected chi connectivity index (χ2v) is 9.09. The van der Waals surface area contributed by atoms with Crippen molar-refractivity contribution in [3.05, 3.63) is 18.2 Å². The number of hydrogen-bond acceptors (Lipinski definition) is 5. The van der Waals surface area contributed by atoms with Crippen LogP contribution in [0, 0.1) is 0 Å². The molecule has 0 radical (unpaired) electrons. The first kappa shape index (κ1) is 16.9. The first-order chi connectivity index (χ1) is 11.1. The number of sulfone groups is 1. The van der Waals surface area contributed by atoms with Crippen LogP contribution in [0.15, 0.2) is 12.4 Å². The molecule has 0 spiro atoms. The quantitative estimate of drug-likeness (QED) is 0.800. The zero-order valence-electron chi connectivity index (χ0n) is 14.0. The molecule has 1 aromatic rings. The lowest BCUT2D eigenvalue weighted by Crippen LogP contribution is -2.37. The molecule has 1 atom stereocenters. The normalized spacial score (nSPS) is 26.4. The molecule has 2 aliphatic heterocycles. The monoisotopic (exact) mass is 340 g/mol. The van der Waals surface area contributed by atoms with Gasteiger partial charge in [0, 0.05) is 38.6 Å². The summed E-state index contributed by atoms with van der Waals surface area (Å²) in [4.78, 5) is 9.25. The average Bonchev–Trinajstić information content (AvgIpc) is 3.02. The van der Waals surface area contributed by atoms with Crippen LogP contribution in [-0.2, 0) is 22.9 Å². The van der Waals surface area contributed by atoms with Gasteiger partial charge in [0.1, 0.15) is 5.82 Å². The Hall–Kier alpha value is -0.920. The summed E-state index contributed by atoms with van der Waals surface area (Å²) in [7, 11) is -2.83. The van der Waals surface area contributed by atoms with Crippen LogP contribution in [0.1, 0.15) is 32.0 Å². The number of hydrogen-bond donors (Lipinski definition) is 0. The summed E-state index contributed by atoms with van der Waals surface area (Å²) < 4.78 is 26.2. The summed E-state index contributed by atoms with van der Waals surface area (Å²) in [5, 5.41) is -0.131. The zero-order chi connectivity index (χ0) is 16.3. The van der Waals surface area contributed by atoms with Gasteiger partial charge in [0.25, 0.3) is 0 Å². The van der Waals surface area contributed by atoms with Crippen LogP contribution in [0.3, 0.4) is 0 Å². The molecule has 130 valence electrons. The number of rotatable bonds is 5. The topological polar surface area (TPSA) is 58.4 Å². The minimum absolute atomic E-state index is 0.131. The highest BCUT2D eigenvalue weighted by Crippen LogP contribution is 2.21. The SMILES string of the molecule is CCn1ccnc1CN1CCCN(CC2CCCS2(=O)=O)CC1. The maximum Gasteiger partial charge on any atom is 0.154 e. The van der Waals surface area contributed by atoms with E-state index in [1.165, 1.54) is 0 Å². The molecule has 1 aromatic heterocycles. The lowest BCUT2D eigenvalue weighted by atomic mass is 10.2. The fraction of sp³-hybridized carbons (Fsp3) is 0.812. The van der Waals surface area contributed by atoms with E-state index in [2.05, 4.69) is 26.3 Å². The van der Waals surface area contributed by atoms with Crippen molar-refractivity contribution in [2.75, 3.05) is 38.5 Å². The molecule has 2 aliphatic rings. The van der Waals surface area contributed by atoms with Crippen LogP contribution in [0.4, 0.5) is 0 Å². The van der Waals surface area contributed by atoms with E-state index in [0.29, 0.717) is 5.75 Å². The molecule has 2 saturated heterocycles. The number of aryl methyl sites for hydroxylation is 1. The first-order valence-electron chi connectivity index (χ1n) is 8.75. The van der Waals surface area contributed by atoms with E-state index in [4.69, 9.17) is 0 Å². The van der Waals surface area contributed by atoms with Gasteiger partial charge in [0.15, 0.2) is 9.84 Å². The molecule has 7 heteroatoms. The van der Waals surface area contributed by atoms with Gasteiger partial charge < -0.3 is 9.47 Å². The van der Waals surface area contributed by atoms with Crippen LogP contribution in [-0.4, -0.2) is 71.5 Å². The van der Waals surface area contributed by atoms with Crippen LogP contribution >= 0.6 is 0 Å². The standard InChI is InChI=1S/C16H28N4O2S/c1-2-20-9-6-17-16(20)14-19-8-4-7-18(10-11-19)13-15-5-3-12-23(15,21)22/h6,9,15H,2-5,7-8,10-14H2,1H3. The fourth-order valence-corrected chi connectivity index (χ4v) is 5.56. The van der Waals surface area contributed by atoms with Crippen molar-refractivity contribution in [2.24, 2.45) is 0 Å². The van der Waals surface area contributed by atoms with Gasteiger partial charge in [-0.3, -0.25) is 4.90 Å². The van der Waals surface area contributed by atoms with E-state index in [1.807, 2.05) is 12.4 Å². The molecule has 0 N–H and O–H groups in total. The Bertz CT molecular complexity index is 613. The van der Waals surface area contributed by atoms with Crippen LogP contribution in [0.5, 0.6) is 0 Å². The van der Waals surface area contributed by atoms with Crippen molar-refractivity contribution in [1.29, 1.82) is 0 Å². The predicted molar refractivity (Wildman–Crippen MR) is 91.0 cm³/mol. The van der Waals surface area contributed by atoms with Crippen LogP contribution < -0.4 is 0 Å². The van der Waals surface area contributed by atoms with E-state index >= 15 is 0 Å². The third-order valence-corrected chi connectivity index (χ3v) is 7.37. The number of nitrogens with zero attached hydrogens (tertiary/aromatic N) is 4. The summed E-state index contributed by atoms with van der Waals surface area (Å²) in [6, 6.07) is 0. The van der Waals surface area contributed by atoms with Crippen molar-refractivity contribution in [3.8, 4) is 0 Å². The molecular weight excluding hydrogens is 312 g/mol. The zero-order valence-corrected chi connectivity index (χ0v) is 14.8. The highest BCUT2D eigenvalue weighted by molar-refractivity contribution is 7.92. The lowest BCUT2D eigenvalue weighted by Gasteiger charge is -2.24. The van der Waals surface area contributed by atoms with E-state index in [-0.39, 0.29) is 5.25 Å². The summed E-state index contributed by atoms with van der Waals surface area (Å²) in [6.07, 6.45) is 6.68. The molecule has 2 fully saturated rings. The van der Waals surface area contributed by atoms with Gasteiger partial charge in [0.2, 0.25) is 0 Å². The second kappa shape index (κ2) is 7.32. The van der Waals surface area contributed by atoms with Crippen molar-refractivity contribution >= 4 is 9.84 Å². The van der Waals surface area contributed by atoms with Gasteiger partial charge in [-0.15, -0.1) is 0 Å². The average molecular weight is 340 g/mol. The summed E-state index contributed by atoms with van der Waals surface area (Å²) in [5.41, 5.74) is 0. The van der Waals surface area contributed by atoms with Gasteiger partial charge in [-0.25, -0.2) is 13.4 Å². The molecular formula is C16H28N4O2S. The van der Waals surface area contributed by atoms with E-state index in [9.17, 15) is 8.42 Å². The Morgan fingerprint density at radius 3 is 2.70 bits per heavy atom. The molecule has 0 aromatic carbocycles. The summed E-state index contributed by atoms with van der Waals surface area (Å²) in [6.45, 7) is 8.71. The smallest absolute Gasteiger partial charge is 0.154 e. The van der Waals surface area contributed by atoms with Gasteiger partial charge >= 0.3 is 0 Å². The molecule has 6 nitrogen and oxygen atoms in total. The van der Waals surface area contributed by atoms with E-state index in [0.717, 1.165) is 70.9 Å². The second-order valence-electron chi connectivity index (χ2n) is 6.69. The lowest BCUT2D eigenvalue weighted by molar-refractivity contribution is 0.244. The molecule has 1 unspecified atom stereocenters. The summed E-state index contributed by atoms with van der Waals surface area (Å²) in [5.74, 6) is 1.51. The Morgan fingerprint density at radius 2 is 1.96 bits per heavy atom. The largest absolute Gasteiger partial charge is 0.334 e. The highest BCUT2D eigenvalue weighted by atomic mass is 32.2. The molecule has 0 bridgehead atoms. The van der Waals surface area contributed by atoms with Crippen molar-refractivity contribution in [2.45, 2.75) is 44.5 Å². The van der Waals surface area contributed by atoms with Crippen molar-refractivity contribution < 1.29 is 8.42 Å². The first-order valence-corrected chi connectivity index (χ1v) is 10.5. The Labute approximate surface area is 139 Å². The Kier molecular flexibility index (Phi) is 5.38. The Morgan fingerprint density at radius 1 is 1.17 bits per heavy atom. The van der Waals surface area contributed by atoms with Crippen LogP contribution in [0.2, 0.25) is 0 Å². The number of aromatic nitrogens is 2. The minimum atomic E-state index is -2.83. The molecule has 3 rings (SSSR count). The van der Waals surface area contributed by atoms with Gasteiger partial charge in [-0.05, 0) is 39.3 Å². The summed E-state index contributed by atoms with van der Waals surface area (Å²) >= 11 is 0. The highest BCUT2D eigenvalue weighted by Gasteiger charge is 2.33. The third kappa shape index (κ3) is 4.14. The third-order valence-electron chi connectivity index (χ3n) is 5.11. The molecule has 3 heterocycles. The minimum Gasteiger partial charge on any atom is -0.334 e. The van der Waals surface area contributed by atoms with E-state index in [1.54, 1.807) is 0 Å². The number of imidazole rings is 1. The molecule has 0 amide bonds. The van der Waals surface area contributed by atoms with Crippen LogP contribution in [0.25, 0.3) is 0 Å². The molecule has 23 heavy (non-hydrogen) atoms. The van der Waals surface area contributed by atoms with Gasteiger partial charge in [-0.2, -0.15) is 0 Å². The van der Waals surface area contributed by atoms with E-state index < -0.39 is 9.84 Å². The molecule has 0 saturated carbocycles. The molecule has 0 aliphatic carbocycles. The predicted octanol–water partition coefficient (Wildman–Crippen LogP) is 0.988. The van der Waals surface area contributed by atoms with Gasteiger partial charge in [-0.1, -0.05) is 0 Å².